The van der Waals surface area contributed by atoms with Crippen molar-refractivity contribution >= 4 is 5.69 Å². The number of anilines is 1. The Morgan fingerprint density at radius 3 is 1.95 bits per heavy atom. The van der Waals surface area contributed by atoms with E-state index in [2.05, 4.69) is 29.6 Å². The first kappa shape index (κ1) is 14.6. The number of aliphatic hydroxyl groups excluding tert-OH is 2. The number of rotatable bonds is 6. The number of nitrogens with one attached hydrogen (secondary N) is 1. The summed E-state index contributed by atoms with van der Waals surface area (Å²) in [4.78, 5) is 0. The lowest BCUT2D eigenvalue weighted by Crippen LogP contribution is -2.33. The van der Waals surface area contributed by atoms with E-state index in [0.717, 1.165) is 5.69 Å². The standard InChI is InChI=1S/C17H21NO2/c1-17(12-19,13-20)11-18-16-9-7-15(8-10-16)14-5-3-2-4-6-14/h2-10,18-20H,11-13H2,1H3. The number of hydrogen-bond donors (Lipinski definition) is 3. The van der Waals surface area contributed by atoms with Gasteiger partial charge in [0.05, 0.1) is 13.2 Å². The summed E-state index contributed by atoms with van der Waals surface area (Å²) in [6.07, 6.45) is 0. The van der Waals surface area contributed by atoms with Gasteiger partial charge in [0.25, 0.3) is 0 Å². The molecule has 3 nitrogen and oxygen atoms in total. The van der Waals surface area contributed by atoms with Crippen molar-refractivity contribution in [1.29, 1.82) is 0 Å². The average Bonchev–Trinajstić information content (AvgIpc) is 2.54. The lowest BCUT2D eigenvalue weighted by atomic mass is 9.93. The molecular formula is C17H21NO2. The molecular weight excluding hydrogens is 250 g/mol. The first-order valence-electron chi connectivity index (χ1n) is 6.78. The highest BCUT2D eigenvalue weighted by Crippen LogP contribution is 2.22. The van der Waals surface area contributed by atoms with Gasteiger partial charge in [0.1, 0.15) is 0 Å². The van der Waals surface area contributed by atoms with Crippen molar-refractivity contribution in [3.63, 3.8) is 0 Å². The third kappa shape index (κ3) is 3.59. The minimum absolute atomic E-state index is 0.0431. The third-order valence-electron chi connectivity index (χ3n) is 3.47. The SMILES string of the molecule is CC(CO)(CO)CNc1ccc(-c2ccccc2)cc1. The fourth-order valence-corrected chi connectivity index (χ4v) is 1.89. The zero-order valence-corrected chi connectivity index (χ0v) is 11.7. The second kappa shape index (κ2) is 6.55. The summed E-state index contributed by atoms with van der Waals surface area (Å²) in [5.41, 5.74) is 2.84. The quantitative estimate of drug-likeness (QED) is 0.757. The average molecular weight is 271 g/mol. The molecule has 0 saturated carbocycles. The van der Waals surface area contributed by atoms with Crippen LogP contribution < -0.4 is 5.32 Å². The van der Waals surface area contributed by atoms with Gasteiger partial charge in [0.2, 0.25) is 0 Å². The van der Waals surface area contributed by atoms with Crippen molar-refractivity contribution < 1.29 is 10.2 Å². The van der Waals surface area contributed by atoms with E-state index in [1.807, 2.05) is 37.3 Å². The molecule has 0 aromatic heterocycles. The predicted molar refractivity (Wildman–Crippen MR) is 82.6 cm³/mol. The molecule has 0 fully saturated rings. The molecule has 0 aliphatic carbocycles. The molecule has 2 aromatic rings. The van der Waals surface area contributed by atoms with Gasteiger partial charge < -0.3 is 15.5 Å². The second-order valence-electron chi connectivity index (χ2n) is 5.42. The lowest BCUT2D eigenvalue weighted by molar-refractivity contribution is 0.0806. The van der Waals surface area contributed by atoms with Gasteiger partial charge in [-0.25, -0.2) is 0 Å². The molecule has 0 aliphatic rings. The van der Waals surface area contributed by atoms with Crippen LogP contribution in [0.4, 0.5) is 5.69 Å². The van der Waals surface area contributed by atoms with Crippen molar-refractivity contribution in [2.24, 2.45) is 5.41 Å². The van der Waals surface area contributed by atoms with Crippen molar-refractivity contribution in [2.75, 3.05) is 25.1 Å². The maximum Gasteiger partial charge on any atom is 0.0523 e. The Morgan fingerprint density at radius 1 is 0.850 bits per heavy atom. The highest BCUT2D eigenvalue weighted by molar-refractivity contribution is 5.65. The molecule has 0 unspecified atom stereocenters. The van der Waals surface area contributed by atoms with Gasteiger partial charge in [-0.2, -0.15) is 0 Å². The Morgan fingerprint density at radius 2 is 1.40 bits per heavy atom. The van der Waals surface area contributed by atoms with Gasteiger partial charge in [-0.15, -0.1) is 0 Å². The lowest BCUT2D eigenvalue weighted by Gasteiger charge is -2.25. The van der Waals surface area contributed by atoms with Gasteiger partial charge in [-0.1, -0.05) is 49.4 Å². The van der Waals surface area contributed by atoms with Gasteiger partial charge in [-0.3, -0.25) is 0 Å². The summed E-state index contributed by atoms with van der Waals surface area (Å²) in [6.45, 7) is 2.29. The summed E-state index contributed by atoms with van der Waals surface area (Å²) < 4.78 is 0. The maximum absolute atomic E-state index is 9.26. The Labute approximate surface area is 119 Å². The van der Waals surface area contributed by atoms with E-state index in [9.17, 15) is 10.2 Å². The zero-order chi connectivity index (χ0) is 14.4. The smallest absolute Gasteiger partial charge is 0.0523 e. The van der Waals surface area contributed by atoms with Crippen LogP contribution in [0, 0.1) is 5.41 Å². The number of aliphatic hydroxyl groups is 2. The van der Waals surface area contributed by atoms with Gasteiger partial charge in [0, 0.05) is 17.6 Å². The van der Waals surface area contributed by atoms with Crippen LogP contribution in [0.5, 0.6) is 0 Å². The fourth-order valence-electron chi connectivity index (χ4n) is 1.89. The number of hydrogen-bond acceptors (Lipinski definition) is 3. The minimum atomic E-state index is -0.502. The first-order chi connectivity index (χ1) is 9.67. The summed E-state index contributed by atoms with van der Waals surface area (Å²) in [5, 5.41) is 21.8. The van der Waals surface area contributed by atoms with Crippen molar-refractivity contribution in [3.05, 3.63) is 54.6 Å². The molecule has 0 atom stereocenters. The van der Waals surface area contributed by atoms with E-state index < -0.39 is 5.41 Å². The van der Waals surface area contributed by atoms with Crippen LogP contribution in [0.25, 0.3) is 11.1 Å². The number of benzene rings is 2. The van der Waals surface area contributed by atoms with Crippen LogP contribution in [0.2, 0.25) is 0 Å². The molecule has 3 N–H and O–H groups in total. The summed E-state index contributed by atoms with van der Waals surface area (Å²) in [7, 11) is 0. The molecule has 0 heterocycles. The summed E-state index contributed by atoms with van der Waals surface area (Å²) >= 11 is 0. The molecule has 3 heteroatoms. The van der Waals surface area contributed by atoms with E-state index in [1.54, 1.807) is 0 Å². The van der Waals surface area contributed by atoms with Crippen molar-refractivity contribution in [1.82, 2.24) is 0 Å². The third-order valence-corrected chi connectivity index (χ3v) is 3.47. The molecule has 0 bridgehead atoms. The molecule has 0 amide bonds. The van der Waals surface area contributed by atoms with E-state index >= 15 is 0 Å². The maximum atomic E-state index is 9.26. The highest BCUT2D eigenvalue weighted by atomic mass is 16.3. The van der Waals surface area contributed by atoms with E-state index in [0.29, 0.717) is 6.54 Å². The largest absolute Gasteiger partial charge is 0.396 e. The van der Waals surface area contributed by atoms with Crippen LogP contribution in [-0.4, -0.2) is 30.0 Å². The van der Waals surface area contributed by atoms with E-state index in [4.69, 9.17) is 0 Å². The van der Waals surface area contributed by atoms with Crippen LogP contribution >= 0.6 is 0 Å². The van der Waals surface area contributed by atoms with Gasteiger partial charge in [-0.05, 0) is 23.3 Å². The van der Waals surface area contributed by atoms with E-state index in [-0.39, 0.29) is 13.2 Å². The van der Waals surface area contributed by atoms with Gasteiger partial charge >= 0.3 is 0 Å². The van der Waals surface area contributed by atoms with Crippen LogP contribution in [-0.2, 0) is 0 Å². The summed E-state index contributed by atoms with van der Waals surface area (Å²) in [5.74, 6) is 0. The van der Waals surface area contributed by atoms with Crippen molar-refractivity contribution in [2.45, 2.75) is 6.92 Å². The molecule has 0 aliphatic heterocycles. The molecule has 0 spiro atoms. The minimum Gasteiger partial charge on any atom is -0.396 e. The topological polar surface area (TPSA) is 52.5 Å². The Balaban J connectivity index is 2.02. The zero-order valence-electron chi connectivity index (χ0n) is 11.7. The molecule has 20 heavy (non-hydrogen) atoms. The normalized spacial score (nSPS) is 11.3. The fraction of sp³-hybridized carbons (Fsp3) is 0.294. The molecule has 2 rings (SSSR count). The van der Waals surface area contributed by atoms with E-state index in [1.165, 1.54) is 11.1 Å². The Bertz CT molecular complexity index is 518. The Hall–Kier alpha value is -1.84. The van der Waals surface area contributed by atoms with Crippen LogP contribution in [0.15, 0.2) is 54.6 Å². The molecule has 2 aromatic carbocycles. The first-order valence-corrected chi connectivity index (χ1v) is 6.78. The highest BCUT2D eigenvalue weighted by Gasteiger charge is 2.21. The second-order valence-corrected chi connectivity index (χ2v) is 5.42. The molecule has 0 radical (unpaired) electrons. The molecule has 0 saturated heterocycles. The van der Waals surface area contributed by atoms with Crippen molar-refractivity contribution in [3.8, 4) is 11.1 Å². The van der Waals surface area contributed by atoms with Crippen LogP contribution in [0.1, 0.15) is 6.92 Å². The molecule has 106 valence electrons. The predicted octanol–water partition coefficient (Wildman–Crippen LogP) is 2.76. The van der Waals surface area contributed by atoms with Crippen LogP contribution in [0.3, 0.4) is 0 Å². The van der Waals surface area contributed by atoms with Gasteiger partial charge in [0.15, 0.2) is 0 Å². The summed E-state index contributed by atoms with van der Waals surface area (Å²) in [6, 6.07) is 18.4. The Kier molecular flexibility index (Phi) is 4.77. The monoisotopic (exact) mass is 271 g/mol.